The maximum Gasteiger partial charge on any atom is 0.0677 e. The quantitative estimate of drug-likeness (QED) is 0.934. The van der Waals surface area contributed by atoms with Crippen molar-refractivity contribution >= 4 is 15.9 Å². The van der Waals surface area contributed by atoms with E-state index >= 15 is 0 Å². The Kier molecular flexibility index (Phi) is 3.36. The molecular weight excluding hydrogens is 268 g/mol. The van der Waals surface area contributed by atoms with Gasteiger partial charge in [-0.1, -0.05) is 0 Å². The molecule has 0 saturated heterocycles. The van der Waals surface area contributed by atoms with Crippen molar-refractivity contribution in [2.45, 2.75) is 20.0 Å². The maximum absolute atomic E-state index is 5.61. The molecule has 2 heterocycles. The lowest BCUT2D eigenvalue weighted by Crippen LogP contribution is -2.05. The molecule has 4 nitrogen and oxygen atoms in total. The molecule has 0 atom stereocenters. The summed E-state index contributed by atoms with van der Waals surface area (Å²) in [7, 11) is 0. The Bertz CT molecular complexity index is 492. The first-order valence-corrected chi connectivity index (χ1v) is 5.81. The van der Waals surface area contributed by atoms with E-state index in [1.807, 2.05) is 30.1 Å². The Labute approximate surface area is 103 Å². The van der Waals surface area contributed by atoms with Crippen LogP contribution in [0.4, 0.5) is 0 Å². The summed E-state index contributed by atoms with van der Waals surface area (Å²) in [5.41, 5.74) is 8.92. The summed E-state index contributed by atoms with van der Waals surface area (Å²) in [5, 5.41) is 4.31. The molecule has 84 valence electrons. The minimum absolute atomic E-state index is 0.530. The van der Waals surface area contributed by atoms with Crippen LogP contribution >= 0.6 is 15.9 Å². The highest BCUT2D eigenvalue weighted by molar-refractivity contribution is 9.10. The zero-order valence-corrected chi connectivity index (χ0v) is 10.6. The van der Waals surface area contributed by atoms with Crippen LogP contribution in [-0.2, 0) is 13.1 Å². The number of pyridine rings is 1. The van der Waals surface area contributed by atoms with Crippen molar-refractivity contribution in [2.75, 3.05) is 0 Å². The maximum atomic E-state index is 5.61. The molecule has 0 saturated carbocycles. The normalized spacial score (nSPS) is 10.7. The Morgan fingerprint density at radius 1 is 1.38 bits per heavy atom. The Hall–Kier alpha value is -1.20. The predicted octanol–water partition coefficient (Wildman–Crippen LogP) is 1.86. The third-order valence-electron chi connectivity index (χ3n) is 2.52. The van der Waals surface area contributed by atoms with Gasteiger partial charge in [0.15, 0.2) is 0 Å². The smallest absolute Gasteiger partial charge is 0.0677 e. The third kappa shape index (κ3) is 2.31. The number of aromatic nitrogens is 3. The molecule has 5 heteroatoms. The first-order chi connectivity index (χ1) is 7.70. The van der Waals surface area contributed by atoms with E-state index in [4.69, 9.17) is 5.73 Å². The molecule has 2 rings (SSSR count). The summed E-state index contributed by atoms with van der Waals surface area (Å²) in [6, 6.07) is 2.04. The van der Waals surface area contributed by atoms with Crippen LogP contribution < -0.4 is 5.73 Å². The van der Waals surface area contributed by atoms with Crippen molar-refractivity contribution in [3.05, 3.63) is 46.0 Å². The second kappa shape index (κ2) is 4.76. The number of rotatable bonds is 3. The fourth-order valence-electron chi connectivity index (χ4n) is 1.56. The van der Waals surface area contributed by atoms with Crippen molar-refractivity contribution < 1.29 is 0 Å². The molecule has 0 unspecified atom stereocenters. The minimum Gasteiger partial charge on any atom is -0.326 e. The van der Waals surface area contributed by atoms with Gasteiger partial charge in [0.25, 0.3) is 0 Å². The number of hydrogen-bond acceptors (Lipinski definition) is 3. The van der Waals surface area contributed by atoms with Gasteiger partial charge in [-0.3, -0.25) is 9.67 Å². The topological polar surface area (TPSA) is 56.7 Å². The van der Waals surface area contributed by atoms with Crippen LogP contribution in [0.3, 0.4) is 0 Å². The number of halogens is 1. The molecule has 0 spiro atoms. The molecule has 2 aromatic heterocycles. The lowest BCUT2D eigenvalue weighted by atomic mass is 10.2. The first kappa shape index (κ1) is 11.3. The molecule has 16 heavy (non-hydrogen) atoms. The number of hydrogen-bond donors (Lipinski definition) is 1. The van der Waals surface area contributed by atoms with Crippen LogP contribution in [0.5, 0.6) is 0 Å². The third-order valence-corrected chi connectivity index (χ3v) is 2.95. The van der Waals surface area contributed by atoms with E-state index in [0.717, 1.165) is 27.8 Å². The lowest BCUT2D eigenvalue weighted by molar-refractivity contribution is 0.661. The summed E-state index contributed by atoms with van der Waals surface area (Å²) >= 11 is 3.40. The van der Waals surface area contributed by atoms with Gasteiger partial charge in [0.05, 0.1) is 12.7 Å². The molecule has 0 radical (unpaired) electrons. The van der Waals surface area contributed by atoms with E-state index in [0.29, 0.717) is 6.54 Å². The van der Waals surface area contributed by atoms with Gasteiger partial charge in [-0.05, 0) is 34.5 Å². The number of nitrogens with zero attached hydrogens (tertiary/aromatic N) is 3. The van der Waals surface area contributed by atoms with Crippen LogP contribution in [-0.4, -0.2) is 14.8 Å². The van der Waals surface area contributed by atoms with E-state index < -0.39 is 0 Å². The van der Waals surface area contributed by atoms with Crippen molar-refractivity contribution in [2.24, 2.45) is 5.73 Å². The highest BCUT2D eigenvalue weighted by Gasteiger charge is 2.05. The van der Waals surface area contributed by atoms with E-state index in [1.165, 1.54) is 0 Å². The molecule has 0 aliphatic carbocycles. The molecule has 0 bridgehead atoms. The average molecular weight is 281 g/mol. The van der Waals surface area contributed by atoms with Gasteiger partial charge in [-0.2, -0.15) is 5.10 Å². The van der Waals surface area contributed by atoms with Crippen LogP contribution in [0.1, 0.15) is 16.8 Å². The highest BCUT2D eigenvalue weighted by Crippen LogP contribution is 2.12. The molecule has 2 aromatic rings. The van der Waals surface area contributed by atoms with Crippen LogP contribution in [0.25, 0.3) is 0 Å². The fourth-order valence-corrected chi connectivity index (χ4v) is 1.97. The molecule has 2 N–H and O–H groups in total. The first-order valence-electron chi connectivity index (χ1n) is 5.01. The SMILES string of the molecule is Cc1c(CN)cnn1Cc1cncc(Br)c1. The highest BCUT2D eigenvalue weighted by atomic mass is 79.9. The van der Waals surface area contributed by atoms with Crippen molar-refractivity contribution in [1.82, 2.24) is 14.8 Å². The van der Waals surface area contributed by atoms with Gasteiger partial charge in [0.2, 0.25) is 0 Å². The summed E-state index contributed by atoms with van der Waals surface area (Å²) in [4.78, 5) is 4.12. The molecule has 0 aliphatic heterocycles. The van der Waals surface area contributed by atoms with Gasteiger partial charge in [0.1, 0.15) is 0 Å². The van der Waals surface area contributed by atoms with E-state index in [2.05, 4.69) is 26.0 Å². The minimum atomic E-state index is 0.530. The van der Waals surface area contributed by atoms with E-state index in [1.54, 1.807) is 6.20 Å². The molecule has 0 aromatic carbocycles. The Balaban J connectivity index is 2.24. The van der Waals surface area contributed by atoms with E-state index in [-0.39, 0.29) is 0 Å². The Morgan fingerprint density at radius 2 is 2.19 bits per heavy atom. The van der Waals surface area contributed by atoms with Gasteiger partial charge < -0.3 is 5.73 Å². The van der Waals surface area contributed by atoms with Gasteiger partial charge in [-0.15, -0.1) is 0 Å². The van der Waals surface area contributed by atoms with Gasteiger partial charge in [-0.25, -0.2) is 0 Å². The number of nitrogens with two attached hydrogens (primary N) is 1. The standard InChI is InChI=1S/C11H13BrN4/c1-8-10(3-13)5-15-16(8)7-9-2-11(12)6-14-4-9/h2,4-6H,3,7,13H2,1H3. The van der Waals surface area contributed by atoms with Gasteiger partial charge in [0, 0.05) is 34.7 Å². The van der Waals surface area contributed by atoms with Crippen LogP contribution in [0.15, 0.2) is 29.1 Å². The molecular formula is C11H13BrN4. The van der Waals surface area contributed by atoms with Crippen molar-refractivity contribution in [3.8, 4) is 0 Å². The van der Waals surface area contributed by atoms with Crippen LogP contribution in [0, 0.1) is 6.92 Å². The second-order valence-electron chi connectivity index (χ2n) is 3.63. The summed E-state index contributed by atoms with van der Waals surface area (Å²) in [6.07, 6.45) is 5.43. The summed E-state index contributed by atoms with van der Waals surface area (Å²) in [5.74, 6) is 0. The zero-order valence-electron chi connectivity index (χ0n) is 9.02. The van der Waals surface area contributed by atoms with Crippen molar-refractivity contribution in [3.63, 3.8) is 0 Å². The monoisotopic (exact) mass is 280 g/mol. The molecule has 0 fully saturated rings. The summed E-state index contributed by atoms with van der Waals surface area (Å²) < 4.78 is 2.92. The van der Waals surface area contributed by atoms with Crippen molar-refractivity contribution in [1.29, 1.82) is 0 Å². The lowest BCUT2D eigenvalue weighted by Gasteiger charge is -2.05. The van der Waals surface area contributed by atoms with Gasteiger partial charge >= 0.3 is 0 Å². The summed E-state index contributed by atoms with van der Waals surface area (Å²) in [6.45, 7) is 3.28. The Morgan fingerprint density at radius 3 is 2.81 bits per heavy atom. The average Bonchev–Trinajstić information content (AvgIpc) is 2.60. The molecule has 0 amide bonds. The fraction of sp³-hybridized carbons (Fsp3) is 0.273. The zero-order chi connectivity index (χ0) is 11.5. The van der Waals surface area contributed by atoms with Crippen LogP contribution in [0.2, 0.25) is 0 Å². The largest absolute Gasteiger partial charge is 0.326 e. The molecule has 0 aliphatic rings. The second-order valence-corrected chi connectivity index (χ2v) is 4.54. The predicted molar refractivity (Wildman–Crippen MR) is 65.9 cm³/mol. The van der Waals surface area contributed by atoms with E-state index in [9.17, 15) is 0 Å².